The predicted octanol–water partition coefficient (Wildman–Crippen LogP) is 22.5. The Hall–Kier alpha value is -2.55. The number of carbonyl (C=O) groups is 2. The van der Waals surface area contributed by atoms with E-state index in [1.807, 2.05) is 21.1 Å². The summed E-state index contributed by atoms with van der Waals surface area (Å²) in [5.74, 6) is -0.824. The van der Waals surface area contributed by atoms with E-state index in [0.29, 0.717) is 17.4 Å². The molecule has 0 N–H and O–H groups in total. The van der Waals surface area contributed by atoms with Crippen molar-refractivity contribution in [1.29, 1.82) is 0 Å². The van der Waals surface area contributed by atoms with Crippen molar-refractivity contribution >= 4 is 19.8 Å². The summed E-state index contributed by atoms with van der Waals surface area (Å²) in [5, 5.41) is 0. The molecule has 490 valence electrons. The van der Waals surface area contributed by atoms with E-state index in [1.165, 1.54) is 225 Å². The summed E-state index contributed by atoms with van der Waals surface area (Å²) in [7, 11) is 1.17. The van der Waals surface area contributed by atoms with Crippen LogP contribution < -0.4 is 4.89 Å². The van der Waals surface area contributed by atoms with Gasteiger partial charge >= 0.3 is 11.9 Å². The van der Waals surface area contributed by atoms with Gasteiger partial charge in [-0.2, -0.15) is 0 Å². The van der Waals surface area contributed by atoms with Crippen molar-refractivity contribution < 1.29 is 42.1 Å². The van der Waals surface area contributed by atoms with Gasteiger partial charge in [0.2, 0.25) is 0 Å². The minimum absolute atomic E-state index is 0.0322. The average molecular weight is 1200 g/mol. The molecule has 10 heteroatoms. The molecular formula is C74H136NO8P. The van der Waals surface area contributed by atoms with Crippen LogP contribution in [0.15, 0.2) is 72.9 Å². The molecule has 2 atom stereocenters. The van der Waals surface area contributed by atoms with Crippen LogP contribution in [0, 0.1) is 0 Å². The van der Waals surface area contributed by atoms with Crippen molar-refractivity contribution in [3.05, 3.63) is 72.9 Å². The lowest BCUT2D eigenvalue weighted by molar-refractivity contribution is -0.870. The second-order valence-corrected chi connectivity index (χ2v) is 26.6. The van der Waals surface area contributed by atoms with Crippen LogP contribution >= 0.6 is 7.82 Å². The van der Waals surface area contributed by atoms with Gasteiger partial charge in [0.15, 0.2) is 6.10 Å². The smallest absolute Gasteiger partial charge is 0.306 e. The molecule has 0 rings (SSSR count). The van der Waals surface area contributed by atoms with Crippen molar-refractivity contribution in [2.75, 3.05) is 47.5 Å². The summed E-state index contributed by atoms with van der Waals surface area (Å²) in [4.78, 5) is 38.1. The SMILES string of the molecule is CC/C=C\C/C=C\C/C=C\C/C=C\C/C=C\CCCCCCCCCCCCCC(=O)OC(COC(=O)CCCCCCCCCCCCCCCCCCCCCCC/C=C\CCCCCCCCCC)COP(=O)([O-])OCC[N+](C)(C)C. The van der Waals surface area contributed by atoms with E-state index in [2.05, 4.69) is 86.8 Å². The van der Waals surface area contributed by atoms with E-state index in [-0.39, 0.29) is 32.0 Å². The van der Waals surface area contributed by atoms with Crippen molar-refractivity contribution in [2.45, 2.75) is 341 Å². The van der Waals surface area contributed by atoms with Gasteiger partial charge in [0, 0.05) is 12.8 Å². The molecular weight excluding hydrogens is 1060 g/mol. The summed E-state index contributed by atoms with van der Waals surface area (Å²) in [5.41, 5.74) is 0. The molecule has 0 saturated heterocycles. The molecule has 0 aromatic rings. The maximum absolute atomic E-state index is 12.9. The standard InChI is InChI=1S/C74H136NO8P/c1-6-8-10-12-14-16-18-20-22-24-26-28-30-32-34-35-36-37-38-39-41-42-44-46-48-50-52-54-56-58-60-62-64-66-73(76)80-70-72(71-82-84(78,79)81-69-68-75(3,4)5)83-74(77)67-65-63-61-59-57-55-53-51-49-47-45-43-40-33-31-29-27-25-23-21-19-17-15-13-11-9-7-2/h9,11,15,17,21,23-24,26-27,29,33,40,72H,6-8,10,12-14,16,18-20,22,25,28,30-32,34-39,41-71H2,1-5H3/b11-9-,17-15-,23-21-,26-24-,29-27-,40-33-. The van der Waals surface area contributed by atoms with Gasteiger partial charge < -0.3 is 27.9 Å². The third-order valence-electron chi connectivity index (χ3n) is 15.7. The molecule has 84 heavy (non-hydrogen) atoms. The fourth-order valence-electron chi connectivity index (χ4n) is 10.3. The van der Waals surface area contributed by atoms with Gasteiger partial charge in [-0.15, -0.1) is 0 Å². The summed E-state index contributed by atoms with van der Waals surface area (Å²) >= 11 is 0. The molecule has 0 aliphatic carbocycles. The van der Waals surface area contributed by atoms with E-state index in [4.69, 9.17) is 18.5 Å². The first kappa shape index (κ1) is 81.5. The zero-order valence-corrected chi connectivity index (χ0v) is 56.7. The largest absolute Gasteiger partial charge is 0.756 e. The first-order valence-corrected chi connectivity index (χ1v) is 37.1. The third-order valence-corrected chi connectivity index (χ3v) is 16.7. The van der Waals surface area contributed by atoms with Crippen LogP contribution in [0.5, 0.6) is 0 Å². The maximum atomic E-state index is 12.9. The second-order valence-electron chi connectivity index (χ2n) is 25.2. The van der Waals surface area contributed by atoms with E-state index < -0.39 is 26.5 Å². The van der Waals surface area contributed by atoms with Crippen molar-refractivity contribution in [3.63, 3.8) is 0 Å². The highest BCUT2D eigenvalue weighted by molar-refractivity contribution is 7.45. The highest BCUT2D eigenvalue weighted by Crippen LogP contribution is 2.38. The molecule has 0 amide bonds. The number of nitrogens with zero attached hydrogens (tertiary/aromatic N) is 1. The fourth-order valence-corrected chi connectivity index (χ4v) is 11.0. The monoisotopic (exact) mass is 1200 g/mol. The number of phosphoric ester groups is 1. The van der Waals surface area contributed by atoms with Crippen molar-refractivity contribution in [1.82, 2.24) is 0 Å². The number of quaternary nitrogens is 1. The molecule has 0 aliphatic heterocycles. The van der Waals surface area contributed by atoms with E-state index in [1.54, 1.807) is 0 Å². The van der Waals surface area contributed by atoms with Crippen LogP contribution in [-0.4, -0.2) is 70.0 Å². The number of allylic oxidation sites excluding steroid dienone is 12. The number of carbonyl (C=O) groups excluding carboxylic acids is 2. The summed E-state index contributed by atoms with van der Waals surface area (Å²) in [6.07, 6.45) is 87.1. The van der Waals surface area contributed by atoms with E-state index in [9.17, 15) is 19.0 Å². The molecule has 0 spiro atoms. The zero-order chi connectivity index (χ0) is 61.2. The molecule has 0 fully saturated rings. The van der Waals surface area contributed by atoms with E-state index >= 15 is 0 Å². The lowest BCUT2D eigenvalue weighted by Crippen LogP contribution is -2.37. The summed E-state index contributed by atoms with van der Waals surface area (Å²) in [6.45, 7) is 4.17. The molecule has 0 saturated carbocycles. The number of hydrogen-bond donors (Lipinski definition) is 0. The molecule has 0 aromatic carbocycles. The van der Waals surface area contributed by atoms with Crippen LogP contribution in [0.1, 0.15) is 335 Å². The van der Waals surface area contributed by atoms with Gasteiger partial charge in [0.05, 0.1) is 27.7 Å². The number of esters is 2. The van der Waals surface area contributed by atoms with Crippen molar-refractivity contribution in [2.24, 2.45) is 0 Å². The number of phosphoric acid groups is 1. The molecule has 0 aromatic heterocycles. The number of rotatable bonds is 66. The number of likely N-dealkylation sites (N-methyl/N-ethyl adjacent to an activating group) is 1. The summed E-state index contributed by atoms with van der Waals surface area (Å²) in [6, 6.07) is 0. The minimum Gasteiger partial charge on any atom is -0.756 e. The van der Waals surface area contributed by atoms with Crippen LogP contribution in [0.3, 0.4) is 0 Å². The van der Waals surface area contributed by atoms with Gasteiger partial charge in [-0.1, -0.05) is 311 Å². The number of ether oxygens (including phenoxy) is 2. The summed E-state index contributed by atoms with van der Waals surface area (Å²) < 4.78 is 34.3. The van der Waals surface area contributed by atoms with Gasteiger partial charge in [0.25, 0.3) is 7.82 Å². The Kier molecular flexibility index (Phi) is 62.9. The Morgan fingerprint density at radius 3 is 1.02 bits per heavy atom. The highest BCUT2D eigenvalue weighted by atomic mass is 31.2. The predicted molar refractivity (Wildman–Crippen MR) is 360 cm³/mol. The lowest BCUT2D eigenvalue weighted by Gasteiger charge is -2.28. The Bertz CT molecular complexity index is 1650. The average Bonchev–Trinajstić information content (AvgIpc) is 3.61. The van der Waals surface area contributed by atoms with Crippen molar-refractivity contribution in [3.8, 4) is 0 Å². The van der Waals surface area contributed by atoms with Crippen LogP contribution in [0.25, 0.3) is 0 Å². The first-order chi connectivity index (χ1) is 41.0. The Morgan fingerprint density at radius 2 is 0.679 bits per heavy atom. The molecule has 0 heterocycles. The topological polar surface area (TPSA) is 111 Å². The van der Waals surface area contributed by atoms with Gasteiger partial charge in [-0.25, -0.2) is 0 Å². The highest BCUT2D eigenvalue weighted by Gasteiger charge is 2.22. The quantitative estimate of drug-likeness (QED) is 0.0195. The fraction of sp³-hybridized carbons (Fsp3) is 0.811. The van der Waals surface area contributed by atoms with Crippen LogP contribution in [0.4, 0.5) is 0 Å². The van der Waals surface area contributed by atoms with Gasteiger partial charge in [-0.3, -0.25) is 14.2 Å². The molecule has 0 aliphatic rings. The molecule has 0 radical (unpaired) electrons. The van der Waals surface area contributed by atoms with E-state index in [0.717, 1.165) is 77.0 Å². The number of hydrogen-bond acceptors (Lipinski definition) is 8. The minimum atomic E-state index is -4.64. The third kappa shape index (κ3) is 68.6. The zero-order valence-electron chi connectivity index (χ0n) is 55.8. The Balaban J connectivity index is 4.00. The maximum Gasteiger partial charge on any atom is 0.306 e. The lowest BCUT2D eigenvalue weighted by atomic mass is 10.0. The van der Waals surface area contributed by atoms with Gasteiger partial charge in [0.1, 0.15) is 19.8 Å². The number of unbranched alkanes of at least 4 members (excludes halogenated alkanes) is 40. The Morgan fingerprint density at radius 1 is 0.381 bits per heavy atom. The molecule has 0 bridgehead atoms. The normalized spacial score (nSPS) is 13.5. The van der Waals surface area contributed by atoms with Gasteiger partial charge in [-0.05, 0) is 83.5 Å². The van der Waals surface area contributed by atoms with Crippen LogP contribution in [0.2, 0.25) is 0 Å². The molecule has 2 unspecified atom stereocenters. The molecule has 9 nitrogen and oxygen atoms in total. The first-order valence-electron chi connectivity index (χ1n) is 35.6. The Labute approximate surface area is 520 Å². The van der Waals surface area contributed by atoms with Crippen LogP contribution in [-0.2, 0) is 32.7 Å². The second kappa shape index (κ2) is 64.9.